The molecule has 1 aliphatic rings. The maximum Gasteiger partial charge on any atom is 0.0825 e. The first-order chi connectivity index (χ1) is 7.07. The zero-order valence-corrected chi connectivity index (χ0v) is 9.92. The summed E-state index contributed by atoms with van der Waals surface area (Å²) in [6.07, 6.45) is 2.71. The Morgan fingerprint density at radius 1 is 1.27 bits per heavy atom. The van der Waals surface area contributed by atoms with Crippen molar-refractivity contribution in [1.82, 2.24) is 0 Å². The van der Waals surface area contributed by atoms with Crippen LogP contribution in [0.25, 0.3) is 0 Å². The average Bonchev–Trinajstić information content (AvgIpc) is 2.69. The molecule has 1 aromatic rings. The molecule has 1 unspecified atom stereocenters. The molecule has 0 radical (unpaired) electrons. The maximum absolute atomic E-state index is 5.71. The lowest BCUT2D eigenvalue weighted by Crippen LogP contribution is -2.11. The van der Waals surface area contributed by atoms with E-state index < -0.39 is 0 Å². The van der Waals surface area contributed by atoms with Crippen molar-refractivity contribution in [3.05, 3.63) is 35.4 Å². The largest absolute Gasteiger partial charge is 0.374 e. The Labute approximate surface area is 92.5 Å². The van der Waals surface area contributed by atoms with Gasteiger partial charge in [-0.1, -0.05) is 45.0 Å². The van der Waals surface area contributed by atoms with E-state index >= 15 is 0 Å². The smallest absolute Gasteiger partial charge is 0.0825 e. The van der Waals surface area contributed by atoms with Gasteiger partial charge in [0, 0.05) is 6.61 Å². The van der Waals surface area contributed by atoms with Crippen LogP contribution in [-0.2, 0) is 10.2 Å². The van der Waals surface area contributed by atoms with Crippen LogP contribution in [0.4, 0.5) is 0 Å². The molecule has 1 aliphatic heterocycles. The van der Waals surface area contributed by atoms with Crippen molar-refractivity contribution in [2.75, 3.05) is 6.61 Å². The first-order valence-electron chi connectivity index (χ1n) is 5.79. The van der Waals surface area contributed by atoms with Crippen molar-refractivity contribution in [2.45, 2.75) is 45.1 Å². The van der Waals surface area contributed by atoms with E-state index in [0.717, 1.165) is 6.61 Å². The van der Waals surface area contributed by atoms with E-state index in [1.54, 1.807) is 0 Å². The van der Waals surface area contributed by atoms with Gasteiger partial charge in [0.05, 0.1) is 6.10 Å². The number of ether oxygens (including phenoxy) is 1. The van der Waals surface area contributed by atoms with E-state index in [4.69, 9.17) is 4.74 Å². The molecule has 0 aliphatic carbocycles. The summed E-state index contributed by atoms with van der Waals surface area (Å²) in [7, 11) is 0. The molecule has 0 aromatic heterocycles. The second-order valence-corrected chi connectivity index (χ2v) is 5.38. The van der Waals surface area contributed by atoms with Gasteiger partial charge in [0.15, 0.2) is 0 Å². The minimum atomic E-state index is 0.231. The summed E-state index contributed by atoms with van der Waals surface area (Å²) in [5.74, 6) is 0. The van der Waals surface area contributed by atoms with Crippen molar-refractivity contribution in [3.63, 3.8) is 0 Å². The van der Waals surface area contributed by atoms with E-state index in [0.29, 0.717) is 6.10 Å². The number of benzene rings is 1. The van der Waals surface area contributed by atoms with Gasteiger partial charge in [0.25, 0.3) is 0 Å². The summed E-state index contributed by atoms with van der Waals surface area (Å²) in [5.41, 5.74) is 2.98. The van der Waals surface area contributed by atoms with Crippen molar-refractivity contribution in [1.29, 1.82) is 0 Å². The molecule has 1 saturated heterocycles. The van der Waals surface area contributed by atoms with Crippen LogP contribution in [-0.4, -0.2) is 6.61 Å². The standard InChI is InChI=1S/C14H20O/c1-14(2,3)12-7-4-6-11(10-12)13-8-5-9-15-13/h4,6-7,10,13H,5,8-9H2,1-3H3. The number of hydrogen-bond acceptors (Lipinski definition) is 1. The molecule has 0 saturated carbocycles. The summed E-state index contributed by atoms with van der Waals surface area (Å²) in [6, 6.07) is 8.84. The average molecular weight is 204 g/mol. The van der Waals surface area contributed by atoms with Crippen LogP contribution in [0.2, 0.25) is 0 Å². The minimum Gasteiger partial charge on any atom is -0.374 e. The Kier molecular flexibility index (Phi) is 2.83. The topological polar surface area (TPSA) is 9.23 Å². The van der Waals surface area contributed by atoms with E-state index in [1.165, 1.54) is 24.0 Å². The Bertz CT molecular complexity index is 329. The Balaban J connectivity index is 2.26. The highest BCUT2D eigenvalue weighted by atomic mass is 16.5. The maximum atomic E-state index is 5.71. The first-order valence-corrected chi connectivity index (χ1v) is 5.79. The third-order valence-corrected chi connectivity index (χ3v) is 3.05. The summed E-state index contributed by atoms with van der Waals surface area (Å²) in [6.45, 7) is 7.68. The zero-order chi connectivity index (χ0) is 10.9. The molecule has 0 amide bonds. The fourth-order valence-corrected chi connectivity index (χ4v) is 2.05. The molecular formula is C14H20O. The van der Waals surface area contributed by atoms with Gasteiger partial charge in [-0.05, 0) is 29.4 Å². The molecule has 1 aromatic carbocycles. The number of hydrogen-bond donors (Lipinski definition) is 0. The van der Waals surface area contributed by atoms with Gasteiger partial charge in [-0.2, -0.15) is 0 Å². The van der Waals surface area contributed by atoms with Crippen molar-refractivity contribution in [2.24, 2.45) is 0 Å². The van der Waals surface area contributed by atoms with Crippen LogP contribution >= 0.6 is 0 Å². The quantitative estimate of drug-likeness (QED) is 0.675. The van der Waals surface area contributed by atoms with Gasteiger partial charge in [-0.15, -0.1) is 0 Å². The van der Waals surface area contributed by atoms with Crippen LogP contribution in [0.3, 0.4) is 0 Å². The zero-order valence-electron chi connectivity index (χ0n) is 9.92. The molecule has 0 bridgehead atoms. The molecule has 1 atom stereocenters. The molecule has 1 nitrogen and oxygen atoms in total. The van der Waals surface area contributed by atoms with Crippen molar-refractivity contribution >= 4 is 0 Å². The highest BCUT2D eigenvalue weighted by molar-refractivity contribution is 5.30. The van der Waals surface area contributed by atoms with Gasteiger partial charge in [0.2, 0.25) is 0 Å². The van der Waals surface area contributed by atoms with Crippen LogP contribution in [0, 0.1) is 0 Å². The molecule has 0 spiro atoms. The van der Waals surface area contributed by atoms with E-state index in [2.05, 4.69) is 45.0 Å². The number of rotatable bonds is 1. The molecule has 1 heteroatoms. The molecule has 1 heterocycles. The molecule has 2 rings (SSSR count). The third-order valence-electron chi connectivity index (χ3n) is 3.05. The fraction of sp³-hybridized carbons (Fsp3) is 0.571. The van der Waals surface area contributed by atoms with Crippen LogP contribution in [0.5, 0.6) is 0 Å². The molecule has 1 fully saturated rings. The summed E-state index contributed by atoms with van der Waals surface area (Å²) in [5, 5.41) is 0. The molecule has 0 N–H and O–H groups in total. The predicted octanol–water partition coefficient (Wildman–Crippen LogP) is 3.84. The van der Waals surface area contributed by atoms with E-state index in [1.807, 2.05) is 0 Å². The van der Waals surface area contributed by atoms with Crippen LogP contribution in [0.15, 0.2) is 24.3 Å². The Morgan fingerprint density at radius 2 is 2.07 bits per heavy atom. The fourth-order valence-electron chi connectivity index (χ4n) is 2.05. The van der Waals surface area contributed by atoms with Gasteiger partial charge in [-0.3, -0.25) is 0 Å². The van der Waals surface area contributed by atoms with E-state index in [9.17, 15) is 0 Å². The van der Waals surface area contributed by atoms with Gasteiger partial charge < -0.3 is 4.74 Å². The minimum absolute atomic E-state index is 0.231. The van der Waals surface area contributed by atoms with Crippen molar-refractivity contribution < 1.29 is 4.74 Å². The normalized spacial score (nSPS) is 21.9. The second kappa shape index (κ2) is 3.97. The highest BCUT2D eigenvalue weighted by Crippen LogP contribution is 2.31. The molecule has 82 valence electrons. The monoisotopic (exact) mass is 204 g/mol. The van der Waals surface area contributed by atoms with E-state index in [-0.39, 0.29) is 5.41 Å². The van der Waals surface area contributed by atoms with Gasteiger partial charge in [-0.25, -0.2) is 0 Å². The summed E-state index contributed by atoms with van der Waals surface area (Å²) in [4.78, 5) is 0. The summed E-state index contributed by atoms with van der Waals surface area (Å²) >= 11 is 0. The molecule has 15 heavy (non-hydrogen) atoms. The Hall–Kier alpha value is -0.820. The second-order valence-electron chi connectivity index (χ2n) is 5.38. The van der Waals surface area contributed by atoms with Crippen LogP contribution in [0.1, 0.15) is 50.8 Å². The third kappa shape index (κ3) is 2.40. The highest BCUT2D eigenvalue weighted by Gasteiger charge is 2.20. The molecular weight excluding hydrogens is 184 g/mol. The Morgan fingerprint density at radius 3 is 2.67 bits per heavy atom. The summed E-state index contributed by atoms with van der Waals surface area (Å²) < 4.78 is 5.71. The lowest BCUT2D eigenvalue weighted by molar-refractivity contribution is 0.112. The first kappa shape index (κ1) is 10.7. The van der Waals surface area contributed by atoms with Gasteiger partial charge >= 0.3 is 0 Å². The van der Waals surface area contributed by atoms with Gasteiger partial charge in [0.1, 0.15) is 0 Å². The predicted molar refractivity (Wildman–Crippen MR) is 63.1 cm³/mol. The van der Waals surface area contributed by atoms with Crippen LogP contribution < -0.4 is 0 Å². The lowest BCUT2D eigenvalue weighted by atomic mass is 9.85. The lowest BCUT2D eigenvalue weighted by Gasteiger charge is -2.21. The SMILES string of the molecule is CC(C)(C)c1cccc(C2CCCO2)c1. The van der Waals surface area contributed by atoms with Crippen molar-refractivity contribution in [3.8, 4) is 0 Å².